The van der Waals surface area contributed by atoms with Gasteiger partial charge in [-0.2, -0.15) is 0 Å². The lowest BCUT2D eigenvalue weighted by Crippen LogP contribution is -2.12. The van der Waals surface area contributed by atoms with E-state index in [4.69, 9.17) is 9.72 Å². The van der Waals surface area contributed by atoms with Crippen LogP contribution < -0.4 is 5.32 Å². The first-order valence-corrected chi connectivity index (χ1v) is 7.35. The third-order valence-electron chi connectivity index (χ3n) is 3.03. The molecule has 17 heavy (non-hydrogen) atoms. The van der Waals surface area contributed by atoms with Gasteiger partial charge in [0.1, 0.15) is 11.1 Å². The van der Waals surface area contributed by atoms with Gasteiger partial charge in [-0.1, -0.05) is 20.8 Å². The smallest absolute Gasteiger partial charge is 0.122 e. The molecule has 0 amide bonds. The Morgan fingerprint density at radius 3 is 2.94 bits per heavy atom. The largest absolute Gasteiger partial charge is 0.371 e. The molecule has 1 aliphatic heterocycles. The van der Waals surface area contributed by atoms with Crippen molar-refractivity contribution < 1.29 is 4.74 Å². The van der Waals surface area contributed by atoms with E-state index in [9.17, 15) is 0 Å². The molecule has 1 aliphatic rings. The van der Waals surface area contributed by atoms with Gasteiger partial charge in [0, 0.05) is 18.0 Å². The Bertz CT molecular complexity index is 356. The molecule has 1 aromatic heterocycles. The van der Waals surface area contributed by atoms with Crippen molar-refractivity contribution >= 4 is 11.3 Å². The van der Waals surface area contributed by atoms with Gasteiger partial charge in [-0.05, 0) is 25.3 Å². The van der Waals surface area contributed by atoms with E-state index in [2.05, 4.69) is 26.1 Å². The summed E-state index contributed by atoms with van der Waals surface area (Å²) in [5, 5.41) is 4.57. The maximum atomic E-state index is 5.72. The molecule has 1 atom stereocenters. The maximum absolute atomic E-state index is 5.72. The zero-order chi connectivity index (χ0) is 12.3. The van der Waals surface area contributed by atoms with Crippen molar-refractivity contribution in [2.45, 2.75) is 52.2 Å². The molecule has 1 N–H and O–H groups in total. The van der Waals surface area contributed by atoms with Gasteiger partial charge in [-0.3, -0.25) is 0 Å². The molecule has 0 saturated carbocycles. The van der Waals surface area contributed by atoms with E-state index in [0.29, 0.717) is 5.92 Å². The molecule has 0 spiro atoms. The summed E-state index contributed by atoms with van der Waals surface area (Å²) in [4.78, 5) is 6.18. The zero-order valence-corrected chi connectivity index (χ0v) is 11.8. The fourth-order valence-corrected chi connectivity index (χ4v) is 3.38. The standard InChI is InChI=1S/C13H22N2OS/c1-4-14-8-11-12(9(2)3)15-13(17-11)10-6-5-7-16-10/h9-10,14H,4-8H2,1-3H3. The van der Waals surface area contributed by atoms with Gasteiger partial charge in [0.25, 0.3) is 0 Å². The van der Waals surface area contributed by atoms with E-state index >= 15 is 0 Å². The number of nitrogens with one attached hydrogen (secondary N) is 1. The van der Waals surface area contributed by atoms with Crippen molar-refractivity contribution in [3.63, 3.8) is 0 Å². The van der Waals surface area contributed by atoms with E-state index in [-0.39, 0.29) is 6.10 Å². The first-order chi connectivity index (χ1) is 8.22. The minimum absolute atomic E-state index is 0.257. The highest BCUT2D eigenvalue weighted by Gasteiger charge is 2.23. The van der Waals surface area contributed by atoms with Gasteiger partial charge < -0.3 is 10.1 Å². The van der Waals surface area contributed by atoms with E-state index in [1.807, 2.05) is 11.3 Å². The molecule has 3 nitrogen and oxygen atoms in total. The van der Waals surface area contributed by atoms with Crippen molar-refractivity contribution in [3.05, 3.63) is 15.6 Å². The zero-order valence-electron chi connectivity index (χ0n) is 11.0. The number of rotatable bonds is 5. The van der Waals surface area contributed by atoms with Crippen LogP contribution in [-0.4, -0.2) is 18.1 Å². The molecule has 0 aromatic carbocycles. The Balaban J connectivity index is 2.17. The molecular formula is C13H22N2OS. The monoisotopic (exact) mass is 254 g/mol. The topological polar surface area (TPSA) is 34.1 Å². The lowest BCUT2D eigenvalue weighted by molar-refractivity contribution is 0.111. The second-order valence-electron chi connectivity index (χ2n) is 4.80. The summed E-state index contributed by atoms with van der Waals surface area (Å²) >= 11 is 1.83. The van der Waals surface area contributed by atoms with E-state index in [1.54, 1.807) is 0 Å². The van der Waals surface area contributed by atoms with Gasteiger partial charge >= 0.3 is 0 Å². The second kappa shape index (κ2) is 5.94. The Morgan fingerprint density at radius 2 is 2.35 bits per heavy atom. The maximum Gasteiger partial charge on any atom is 0.122 e. The third-order valence-corrected chi connectivity index (χ3v) is 4.19. The summed E-state index contributed by atoms with van der Waals surface area (Å²) < 4.78 is 5.72. The molecule has 1 aromatic rings. The summed E-state index contributed by atoms with van der Waals surface area (Å²) in [5.74, 6) is 0.495. The van der Waals surface area contributed by atoms with Crippen LogP contribution in [0.5, 0.6) is 0 Å². The Labute approximate surface area is 108 Å². The fourth-order valence-electron chi connectivity index (χ4n) is 2.11. The third kappa shape index (κ3) is 3.06. The SMILES string of the molecule is CCNCc1sc(C2CCCO2)nc1C(C)C. The van der Waals surface area contributed by atoms with Gasteiger partial charge in [-0.25, -0.2) is 4.98 Å². The quantitative estimate of drug-likeness (QED) is 0.876. The summed E-state index contributed by atoms with van der Waals surface area (Å²) in [6, 6.07) is 0. The summed E-state index contributed by atoms with van der Waals surface area (Å²) in [6.45, 7) is 9.40. The van der Waals surface area contributed by atoms with Crippen LogP contribution >= 0.6 is 11.3 Å². The van der Waals surface area contributed by atoms with Crippen LogP contribution in [0.4, 0.5) is 0 Å². The molecular weight excluding hydrogens is 232 g/mol. The van der Waals surface area contributed by atoms with Gasteiger partial charge in [0.05, 0.1) is 5.69 Å². The first-order valence-electron chi connectivity index (χ1n) is 6.54. The van der Waals surface area contributed by atoms with Crippen LogP contribution in [0.25, 0.3) is 0 Å². The molecule has 4 heteroatoms. The van der Waals surface area contributed by atoms with Crippen LogP contribution in [0.3, 0.4) is 0 Å². The Hall–Kier alpha value is -0.450. The number of hydrogen-bond acceptors (Lipinski definition) is 4. The summed E-state index contributed by atoms with van der Waals surface area (Å²) in [6.07, 6.45) is 2.56. The van der Waals surface area contributed by atoms with Crippen LogP contribution in [-0.2, 0) is 11.3 Å². The number of ether oxygens (including phenoxy) is 1. The average molecular weight is 254 g/mol. The first kappa shape index (κ1) is 13.0. The van der Waals surface area contributed by atoms with Crippen LogP contribution in [0.1, 0.15) is 61.2 Å². The summed E-state index contributed by atoms with van der Waals surface area (Å²) in [7, 11) is 0. The predicted octanol–water partition coefficient (Wildman–Crippen LogP) is 3.23. The van der Waals surface area contributed by atoms with Crippen LogP contribution in [0.2, 0.25) is 0 Å². The van der Waals surface area contributed by atoms with Crippen molar-refractivity contribution in [1.29, 1.82) is 0 Å². The van der Waals surface area contributed by atoms with E-state index < -0.39 is 0 Å². The second-order valence-corrected chi connectivity index (χ2v) is 5.91. The molecule has 1 unspecified atom stereocenters. The molecule has 2 heterocycles. The number of thiazole rings is 1. The van der Waals surface area contributed by atoms with E-state index in [0.717, 1.165) is 26.1 Å². The predicted molar refractivity (Wildman–Crippen MR) is 71.5 cm³/mol. The number of nitrogens with zero attached hydrogens (tertiary/aromatic N) is 1. The lowest BCUT2D eigenvalue weighted by Gasteiger charge is -2.05. The lowest BCUT2D eigenvalue weighted by atomic mass is 10.1. The molecule has 1 saturated heterocycles. The minimum Gasteiger partial charge on any atom is -0.371 e. The van der Waals surface area contributed by atoms with Crippen molar-refractivity contribution in [2.75, 3.05) is 13.2 Å². The Kier molecular flexibility index (Phi) is 4.54. The molecule has 2 rings (SSSR count). The van der Waals surface area contributed by atoms with E-state index in [1.165, 1.54) is 22.0 Å². The van der Waals surface area contributed by atoms with Gasteiger partial charge in [-0.15, -0.1) is 11.3 Å². The Morgan fingerprint density at radius 1 is 1.53 bits per heavy atom. The number of aromatic nitrogens is 1. The fraction of sp³-hybridized carbons (Fsp3) is 0.769. The van der Waals surface area contributed by atoms with Gasteiger partial charge in [0.15, 0.2) is 0 Å². The molecule has 1 fully saturated rings. The highest BCUT2D eigenvalue weighted by atomic mass is 32.1. The minimum atomic E-state index is 0.257. The average Bonchev–Trinajstić information content (AvgIpc) is 2.94. The molecule has 0 aliphatic carbocycles. The molecule has 0 radical (unpaired) electrons. The highest BCUT2D eigenvalue weighted by Crippen LogP contribution is 2.34. The highest BCUT2D eigenvalue weighted by molar-refractivity contribution is 7.11. The van der Waals surface area contributed by atoms with Crippen LogP contribution in [0.15, 0.2) is 0 Å². The van der Waals surface area contributed by atoms with Crippen molar-refractivity contribution in [1.82, 2.24) is 10.3 Å². The van der Waals surface area contributed by atoms with Crippen LogP contribution in [0, 0.1) is 0 Å². The van der Waals surface area contributed by atoms with Crippen molar-refractivity contribution in [2.24, 2.45) is 0 Å². The van der Waals surface area contributed by atoms with Gasteiger partial charge in [0.2, 0.25) is 0 Å². The normalized spacial score (nSPS) is 20.4. The molecule has 0 bridgehead atoms. The van der Waals surface area contributed by atoms with Crippen molar-refractivity contribution in [3.8, 4) is 0 Å². The molecule has 96 valence electrons. The summed E-state index contributed by atoms with van der Waals surface area (Å²) in [5.41, 5.74) is 1.25. The number of hydrogen-bond donors (Lipinski definition) is 1.